The summed E-state index contributed by atoms with van der Waals surface area (Å²) in [5.74, 6) is -2.15. The number of rotatable bonds is 10. The standard InChI is InChI=1S/C22H22Cl2N6O4/c23-15-3-1-4-16(24)19(15)20(32)30-17(21(33)34)11-13-6-8-14(9-7-13)29-18(31)5-2-10-27-22(26)28-12-25/h1,3-4,6-9,17H,2,5,10-11H2,(H,29,31)(H,30,32)(H,33,34)(H3,26,27,28)/t17-/m0/s1. The smallest absolute Gasteiger partial charge is 0.326 e. The Morgan fingerprint density at radius 1 is 1.12 bits per heavy atom. The van der Waals surface area contributed by atoms with Crippen LogP contribution in [0.3, 0.4) is 0 Å². The molecule has 2 aromatic carbocycles. The summed E-state index contributed by atoms with van der Waals surface area (Å²) in [5.41, 5.74) is 6.58. The molecule has 1 atom stereocenters. The summed E-state index contributed by atoms with van der Waals surface area (Å²) >= 11 is 12.0. The largest absolute Gasteiger partial charge is 0.480 e. The Morgan fingerprint density at radius 2 is 1.76 bits per heavy atom. The van der Waals surface area contributed by atoms with E-state index in [9.17, 15) is 19.5 Å². The second-order valence-electron chi connectivity index (χ2n) is 7.04. The molecule has 178 valence electrons. The summed E-state index contributed by atoms with van der Waals surface area (Å²) in [5, 5.41) is 26.0. The number of carboxylic acid groups (broad SMARTS) is 1. The van der Waals surface area contributed by atoms with Gasteiger partial charge >= 0.3 is 5.97 Å². The van der Waals surface area contributed by atoms with E-state index in [1.165, 1.54) is 12.1 Å². The number of aliphatic imine (C=N–C) groups is 1. The minimum atomic E-state index is -1.22. The van der Waals surface area contributed by atoms with Crippen LogP contribution >= 0.6 is 23.2 Å². The van der Waals surface area contributed by atoms with E-state index >= 15 is 0 Å². The normalized spacial score (nSPS) is 11.7. The molecule has 6 N–H and O–H groups in total. The molecule has 34 heavy (non-hydrogen) atoms. The summed E-state index contributed by atoms with van der Waals surface area (Å²) in [6, 6.07) is 9.91. The van der Waals surface area contributed by atoms with Crippen molar-refractivity contribution >= 4 is 52.6 Å². The van der Waals surface area contributed by atoms with Crippen molar-refractivity contribution in [1.82, 2.24) is 10.6 Å². The number of aliphatic carboxylic acids is 1. The molecule has 12 heteroatoms. The molecule has 0 aliphatic heterocycles. The van der Waals surface area contributed by atoms with Gasteiger partial charge in [-0.05, 0) is 36.2 Å². The lowest BCUT2D eigenvalue weighted by molar-refractivity contribution is -0.139. The zero-order valence-electron chi connectivity index (χ0n) is 17.8. The van der Waals surface area contributed by atoms with E-state index in [-0.39, 0.29) is 40.3 Å². The highest BCUT2D eigenvalue weighted by Gasteiger charge is 2.23. The minimum absolute atomic E-state index is 0.00498. The van der Waals surface area contributed by atoms with Gasteiger partial charge in [-0.2, -0.15) is 5.26 Å². The van der Waals surface area contributed by atoms with Crippen molar-refractivity contribution in [2.75, 3.05) is 11.9 Å². The molecule has 0 aliphatic rings. The summed E-state index contributed by atoms with van der Waals surface area (Å²) in [6.07, 6.45) is 2.25. The van der Waals surface area contributed by atoms with Gasteiger partial charge in [0.1, 0.15) is 6.04 Å². The minimum Gasteiger partial charge on any atom is -0.480 e. The van der Waals surface area contributed by atoms with E-state index < -0.39 is 17.9 Å². The maximum absolute atomic E-state index is 12.5. The van der Waals surface area contributed by atoms with Gasteiger partial charge in [0, 0.05) is 25.1 Å². The number of carbonyl (C=O) groups is 3. The van der Waals surface area contributed by atoms with Crippen molar-refractivity contribution < 1.29 is 19.5 Å². The van der Waals surface area contributed by atoms with Crippen LogP contribution in [-0.4, -0.2) is 41.4 Å². The molecule has 2 rings (SSSR count). The van der Waals surface area contributed by atoms with Crippen LogP contribution in [0.15, 0.2) is 47.5 Å². The number of hydrogen-bond donors (Lipinski definition) is 5. The molecule has 0 radical (unpaired) electrons. The highest BCUT2D eigenvalue weighted by atomic mass is 35.5. The number of nitriles is 1. The molecular formula is C22H22Cl2N6O4. The molecule has 0 aromatic heterocycles. The number of hydrogen-bond acceptors (Lipinski definition) is 5. The van der Waals surface area contributed by atoms with Gasteiger partial charge < -0.3 is 26.8 Å². The Labute approximate surface area is 205 Å². The van der Waals surface area contributed by atoms with Gasteiger partial charge in [0.2, 0.25) is 18.1 Å². The number of nitrogens with two attached hydrogens (primary N) is 1. The van der Waals surface area contributed by atoms with E-state index in [0.29, 0.717) is 24.2 Å². The van der Waals surface area contributed by atoms with Crippen LogP contribution in [0.2, 0.25) is 10.0 Å². The van der Waals surface area contributed by atoms with Crippen LogP contribution in [0.5, 0.6) is 0 Å². The summed E-state index contributed by atoms with van der Waals surface area (Å²) in [7, 11) is 0. The van der Waals surface area contributed by atoms with Crippen LogP contribution in [0.1, 0.15) is 28.8 Å². The van der Waals surface area contributed by atoms with E-state index in [1.54, 1.807) is 36.5 Å². The highest BCUT2D eigenvalue weighted by Crippen LogP contribution is 2.24. The van der Waals surface area contributed by atoms with Crippen LogP contribution in [0, 0.1) is 11.5 Å². The molecule has 0 saturated heterocycles. The van der Waals surface area contributed by atoms with Crippen LogP contribution in [-0.2, 0) is 16.0 Å². The van der Waals surface area contributed by atoms with E-state index in [1.807, 2.05) is 0 Å². The average Bonchev–Trinajstić information content (AvgIpc) is 2.77. The first kappa shape index (κ1) is 26.4. The summed E-state index contributed by atoms with van der Waals surface area (Å²) in [4.78, 5) is 39.6. The third-order valence-electron chi connectivity index (χ3n) is 4.53. The Balaban J connectivity index is 1.91. The molecule has 2 amide bonds. The van der Waals surface area contributed by atoms with E-state index in [0.717, 1.165) is 0 Å². The second kappa shape index (κ2) is 13.0. The number of carboxylic acids is 1. The first-order chi connectivity index (χ1) is 16.2. The summed E-state index contributed by atoms with van der Waals surface area (Å²) in [6.45, 7) is 0.380. The van der Waals surface area contributed by atoms with Crippen LogP contribution in [0.25, 0.3) is 0 Å². The van der Waals surface area contributed by atoms with Gasteiger partial charge in [0.25, 0.3) is 5.91 Å². The van der Waals surface area contributed by atoms with Crippen molar-refractivity contribution in [3.05, 3.63) is 63.6 Å². The quantitative estimate of drug-likeness (QED) is 0.143. The predicted octanol–water partition coefficient (Wildman–Crippen LogP) is 2.52. The summed E-state index contributed by atoms with van der Waals surface area (Å²) < 4.78 is 0. The van der Waals surface area contributed by atoms with Gasteiger partial charge in [-0.3, -0.25) is 9.59 Å². The molecular weight excluding hydrogens is 483 g/mol. The number of anilines is 1. The SMILES string of the molecule is N#C/N=C(\N)NCCCC(=O)Nc1ccc(C[C@H](NC(=O)c2c(Cl)cccc2Cl)C(=O)O)cc1. The Morgan fingerprint density at radius 3 is 2.35 bits per heavy atom. The van der Waals surface area contributed by atoms with E-state index in [2.05, 4.69) is 20.9 Å². The van der Waals surface area contributed by atoms with Crippen molar-refractivity contribution in [2.24, 2.45) is 10.7 Å². The van der Waals surface area contributed by atoms with Crippen molar-refractivity contribution in [1.29, 1.82) is 5.26 Å². The fraction of sp³-hybridized carbons (Fsp3) is 0.227. The number of amides is 2. The molecule has 0 fully saturated rings. The molecule has 0 aliphatic carbocycles. The molecule has 10 nitrogen and oxygen atoms in total. The van der Waals surface area contributed by atoms with Crippen LogP contribution < -0.4 is 21.7 Å². The van der Waals surface area contributed by atoms with Crippen molar-refractivity contribution in [2.45, 2.75) is 25.3 Å². The molecule has 2 aromatic rings. The molecule has 0 unspecified atom stereocenters. The number of benzene rings is 2. The number of nitrogens with one attached hydrogen (secondary N) is 3. The maximum Gasteiger partial charge on any atom is 0.326 e. The van der Waals surface area contributed by atoms with Gasteiger partial charge in [-0.15, -0.1) is 4.99 Å². The maximum atomic E-state index is 12.5. The van der Waals surface area contributed by atoms with Gasteiger partial charge in [0.05, 0.1) is 15.6 Å². The third-order valence-corrected chi connectivity index (χ3v) is 5.16. The highest BCUT2D eigenvalue weighted by molar-refractivity contribution is 6.39. The Bertz CT molecular complexity index is 1100. The Hall–Kier alpha value is -3.81. The number of nitrogens with zero attached hydrogens (tertiary/aromatic N) is 2. The lowest BCUT2D eigenvalue weighted by atomic mass is 10.0. The predicted molar refractivity (Wildman–Crippen MR) is 129 cm³/mol. The van der Waals surface area contributed by atoms with Gasteiger partial charge in [-0.1, -0.05) is 41.4 Å². The molecule has 0 spiro atoms. The second-order valence-corrected chi connectivity index (χ2v) is 7.85. The van der Waals surface area contributed by atoms with Crippen molar-refractivity contribution in [3.8, 4) is 6.19 Å². The zero-order chi connectivity index (χ0) is 25.1. The third kappa shape index (κ3) is 8.27. The Kier molecular flexibility index (Phi) is 10.1. The topological polar surface area (TPSA) is 170 Å². The zero-order valence-corrected chi connectivity index (χ0v) is 19.4. The van der Waals surface area contributed by atoms with E-state index in [4.69, 9.17) is 34.2 Å². The first-order valence-corrected chi connectivity index (χ1v) is 10.8. The lowest BCUT2D eigenvalue weighted by Crippen LogP contribution is -2.42. The first-order valence-electron chi connectivity index (χ1n) is 10.0. The van der Waals surface area contributed by atoms with Gasteiger partial charge in [0.15, 0.2) is 0 Å². The van der Waals surface area contributed by atoms with Crippen molar-refractivity contribution in [3.63, 3.8) is 0 Å². The number of halogens is 2. The van der Waals surface area contributed by atoms with Gasteiger partial charge in [-0.25, -0.2) is 4.79 Å². The fourth-order valence-electron chi connectivity index (χ4n) is 2.89. The number of carbonyl (C=O) groups excluding carboxylic acids is 2. The monoisotopic (exact) mass is 504 g/mol. The molecule has 0 saturated carbocycles. The fourth-order valence-corrected chi connectivity index (χ4v) is 3.46. The lowest BCUT2D eigenvalue weighted by Gasteiger charge is -2.16. The molecule has 0 heterocycles. The van der Waals surface area contributed by atoms with Crippen LogP contribution in [0.4, 0.5) is 5.69 Å². The average molecular weight is 505 g/mol. The molecule has 0 bridgehead atoms. The number of guanidine groups is 1.